The Hall–Kier alpha value is -1.74. The summed E-state index contributed by atoms with van der Waals surface area (Å²) in [4.78, 5) is 5.00. The van der Waals surface area contributed by atoms with Gasteiger partial charge in [0.2, 0.25) is 0 Å². The van der Waals surface area contributed by atoms with Crippen molar-refractivity contribution in [3.05, 3.63) is 65.5 Å². The third-order valence-corrected chi connectivity index (χ3v) is 2.85. The quantitative estimate of drug-likeness (QED) is 0.838. The highest BCUT2D eigenvalue weighted by Gasteiger charge is 2.00. The van der Waals surface area contributed by atoms with Crippen LogP contribution in [0.3, 0.4) is 0 Å². The van der Waals surface area contributed by atoms with Gasteiger partial charge in [0.15, 0.2) is 0 Å². The number of pyridine rings is 1. The molecule has 0 fully saturated rings. The summed E-state index contributed by atoms with van der Waals surface area (Å²) in [5.74, 6) is 0. The molecule has 0 atom stereocenters. The van der Waals surface area contributed by atoms with Crippen LogP contribution in [-0.2, 0) is 6.54 Å². The fourth-order valence-electron chi connectivity index (χ4n) is 1.48. The molecule has 86 valence electrons. The summed E-state index contributed by atoms with van der Waals surface area (Å²) in [5, 5.41) is 3.20. The molecule has 2 nitrogen and oxygen atoms in total. The lowest BCUT2D eigenvalue weighted by Crippen LogP contribution is -2.22. The van der Waals surface area contributed by atoms with Crippen LogP contribution in [0.15, 0.2) is 48.7 Å². The van der Waals surface area contributed by atoms with Gasteiger partial charge in [-0.15, -0.1) is 0 Å². The summed E-state index contributed by atoms with van der Waals surface area (Å²) in [5.41, 5.74) is 3.27. The minimum absolute atomic E-state index is 0.660. The van der Waals surface area contributed by atoms with Gasteiger partial charge >= 0.3 is 0 Å². The third kappa shape index (κ3) is 3.36. The second-order valence-electron chi connectivity index (χ2n) is 3.87. The Bertz CT molecular complexity index is 491. The fraction of sp³-hybridized carbons (Fsp3) is 0.143. The van der Waals surface area contributed by atoms with Crippen LogP contribution in [0.2, 0.25) is 0 Å². The molecule has 1 N–H and O–H groups in total. The monoisotopic (exact) mass is 242 g/mol. The third-order valence-electron chi connectivity index (χ3n) is 2.47. The highest BCUT2D eigenvalue weighted by Crippen LogP contribution is 2.04. The average molecular weight is 242 g/mol. The van der Waals surface area contributed by atoms with Crippen molar-refractivity contribution in [2.75, 3.05) is 0 Å². The van der Waals surface area contributed by atoms with Crippen molar-refractivity contribution in [3.8, 4) is 0 Å². The van der Waals surface area contributed by atoms with Crippen LogP contribution in [0.25, 0.3) is 0 Å². The Morgan fingerprint density at radius 3 is 2.59 bits per heavy atom. The molecule has 2 aromatic rings. The highest BCUT2D eigenvalue weighted by molar-refractivity contribution is 7.80. The van der Waals surface area contributed by atoms with E-state index in [0.717, 1.165) is 16.2 Å². The standard InChI is InChI=1S/C14H14N2S/c1-11-5-7-12(8-6-11)14(17)16-10-13-4-2-3-9-15-13/h2-9H,10H2,1H3,(H,16,17). The maximum absolute atomic E-state index is 5.32. The van der Waals surface area contributed by atoms with E-state index in [1.807, 2.05) is 30.3 Å². The predicted molar refractivity (Wildman–Crippen MR) is 74.0 cm³/mol. The number of aromatic nitrogens is 1. The minimum Gasteiger partial charge on any atom is -0.370 e. The number of hydrogen-bond acceptors (Lipinski definition) is 2. The van der Waals surface area contributed by atoms with Crippen LogP contribution in [0, 0.1) is 6.92 Å². The molecule has 1 aromatic heterocycles. The molecule has 0 saturated heterocycles. The summed E-state index contributed by atoms with van der Waals surface area (Å²) in [6, 6.07) is 14.0. The van der Waals surface area contributed by atoms with Crippen LogP contribution in [0.5, 0.6) is 0 Å². The van der Waals surface area contributed by atoms with E-state index >= 15 is 0 Å². The van der Waals surface area contributed by atoms with Gasteiger partial charge in [-0.05, 0) is 19.1 Å². The Kier molecular flexibility index (Phi) is 3.83. The van der Waals surface area contributed by atoms with Gasteiger partial charge in [-0.1, -0.05) is 48.1 Å². The number of nitrogens with one attached hydrogen (secondary N) is 1. The Balaban J connectivity index is 1.96. The second-order valence-corrected chi connectivity index (χ2v) is 4.28. The SMILES string of the molecule is Cc1ccc(C(=S)NCc2ccccn2)cc1. The number of aryl methyl sites for hydroxylation is 1. The molecule has 0 aliphatic heterocycles. The van der Waals surface area contributed by atoms with E-state index in [0.29, 0.717) is 6.54 Å². The molecular weight excluding hydrogens is 228 g/mol. The van der Waals surface area contributed by atoms with Gasteiger partial charge in [-0.2, -0.15) is 0 Å². The normalized spacial score (nSPS) is 9.94. The van der Waals surface area contributed by atoms with Crippen molar-refractivity contribution in [2.45, 2.75) is 13.5 Å². The maximum Gasteiger partial charge on any atom is 0.106 e. The van der Waals surface area contributed by atoms with Crippen molar-refractivity contribution in [1.29, 1.82) is 0 Å². The lowest BCUT2D eigenvalue weighted by molar-refractivity contribution is 0.884. The summed E-state index contributed by atoms with van der Waals surface area (Å²) in [6.45, 7) is 2.72. The molecule has 0 saturated carbocycles. The molecule has 3 heteroatoms. The van der Waals surface area contributed by atoms with E-state index in [1.54, 1.807) is 6.20 Å². The predicted octanol–water partition coefficient (Wildman–Crippen LogP) is 2.86. The van der Waals surface area contributed by atoms with Crippen LogP contribution >= 0.6 is 12.2 Å². The summed E-state index contributed by atoms with van der Waals surface area (Å²) >= 11 is 5.32. The van der Waals surface area contributed by atoms with Gasteiger partial charge in [0.1, 0.15) is 4.99 Å². The molecule has 0 radical (unpaired) electrons. The molecule has 0 bridgehead atoms. The first-order chi connectivity index (χ1) is 8.25. The van der Waals surface area contributed by atoms with E-state index < -0.39 is 0 Å². The fourth-order valence-corrected chi connectivity index (χ4v) is 1.69. The van der Waals surface area contributed by atoms with Gasteiger partial charge in [-0.25, -0.2) is 0 Å². The van der Waals surface area contributed by atoms with Crippen molar-refractivity contribution in [1.82, 2.24) is 10.3 Å². The van der Waals surface area contributed by atoms with Crippen molar-refractivity contribution in [3.63, 3.8) is 0 Å². The number of hydrogen-bond donors (Lipinski definition) is 1. The Morgan fingerprint density at radius 2 is 1.94 bits per heavy atom. The first-order valence-electron chi connectivity index (χ1n) is 5.50. The van der Waals surface area contributed by atoms with Crippen LogP contribution in [0.1, 0.15) is 16.8 Å². The summed E-state index contributed by atoms with van der Waals surface area (Å²) in [6.07, 6.45) is 1.78. The smallest absolute Gasteiger partial charge is 0.106 e. The van der Waals surface area contributed by atoms with Crippen molar-refractivity contribution >= 4 is 17.2 Å². The van der Waals surface area contributed by atoms with Crippen LogP contribution in [0.4, 0.5) is 0 Å². The molecular formula is C14H14N2S. The molecule has 1 heterocycles. The number of benzene rings is 1. The van der Waals surface area contributed by atoms with Crippen LogP contribution in [-0.4, -0.2) is 9.97 Å². The average Bonchev–Trinajstić information content (AvgIpc) is 2.38. The molecule has 0 amide bonds. The zero-order chi connectivity index (χ0) is 12.1. The molecule has 2 rings (SSSR count). The van der Waals surface area contributed by atoms with E-state index in [1.165, 1.54) is 5.56 Å². The molecule has 0 spiro atoms. The first kappa shape index (κ1) is 11.7. The Labute approximate surface area is 107 Å². The zero-order valence-electron chi connectivity index (χ0n) is 9.68. The van der Waals surface area contributed by atoms with E-state index in [9.17, 15) is 0 Å². The molecule has 1 aromatic carbocycles. The molecule has 17 heavy (non-hydrogen) atoms. The topological polar surface area (TPSA) is 24.9 Å². The number of nitrogens with zero attached hydrogens (tertiary/aromatic N) is 1. The first-order valence-corrected chi connectivity index (χ1v) is 5.91. The van der Waals surface area contributed by atoms with Gasteiger partial charge in [0.25, 0.3) is 0 Å². The molecule has 0 unspecified atom stereocenters. The molecule has 0 aliphatic carbocycles. The zero-order valence-corrected chi connectivity index (χ0v) is 10.5. The number of rotatable bonds is 3. The van der Waals surface area contributed by atoms with E-state index in [2.05, 4.69) is 29.4 Å². The van der Waals surface area contributed by atoms with Crippen molar-refractivity contribution < 1.29 is 0 Å². The summed E-state index contributed by atoms with van der Waals surface area (Å²) < 4.78 is 0. The van der Waals surface area contributed by atoms with E-state index in [4.69, 9.17) is 12.2 Å². The summed E-state index contributed by atoms with van der Waals surface area (Å²) in [7, 11) is 0. The maximum atomic E-state index is 5.32. The van der Waals surface area contributed by atoms with Crippen LogP contribution < -0.4 is 5.32 Å². The Morgan fingerprint density at radius 1 is 1.18 bits per heavy atom. The van der Waals surface area contributed by atoms with E-state index in [-0.39, 0.29) is 0 Å². The minimum atomic E-state index is 0.660. The second kappa shape index (κ2) is 5.55. The van der Waals surface area contributed by atoms with Gasteiger partial charge in [0, 0.05) is 11.8 Å². The van der Waals surface area contributed by atoms with Crippen molar-refractivity contribution in [2.24, 2.45) is 0 Å². The van der Waals surface area contributed by atoms with Gasteiger partial charge < -0.3 is 5.32 Å². The van der Waals surface area contributed by atoms with Gasteiger partial charge in [0.05, 0.1) is 12.2 Å². The van der Waals surface area contributed by atoms with Gasteiger partial charge in [-0.3, -0.25) is 4.98 Å². The lowest BCUT2D eigenvalue weighted by atomic mass is 10.1. The lowest BCUT2D eigenvalue weighted by Gasteiger charge is -2.07. The molecule has 0 aliphatic rings. The number of thiocarbonyl (C=S) groups is 1. The largest absolute Gasteiger partial charge is 0.370 e. The highest BCUT2D eigenvalue weighted by atomic mass is 32.1.